The smallest absolute Gasteiger partial charge is 0.301 e. The summed E-state index contributed by atoms with van der Waals surface area (Å²) in [6.45, 7) is 4.17. The number of thioether (sulfide) groups is 1. The molecule has 2 rings (SSSR count). The summed E-state index contributed by atoms with van der Waals surface area (Å²) in [5.41, 5.74) is 5.45. The molecule has 3 N–H and O–H groups in total. The van der Waals surface area contributed by atoms with Crippen LogP contribution >= 0.6 is 11.8 Å². The van der Waals surface area contributed by atoms with Gasteiger partial charge < -0.3 is 4.42 Å². The van der Waals surface area contributed by atoms with Gasteiger partial charge in [0.05, 0.1) is 6.26 Å². The van der Waals surface area contributed by atoms with Crippen LogP contribution in [0.2, 0.25) is 0 Å². The number of hydrogen-bond donors (Lipinski definition) is 2. The number of hydrogen-bond acceptors (Lipinski definition) is 4. The number of hydrazine groups is 1. The topological polar surface area (TPSA) is 68.3 Å². The van der Waals surface area contributed by atoms with E-state index in [0.29, 0.717) is 5.75 Å². The van der Waals surface area contributed by atoms with E-state index in [-0.39, 0.29) is 5.76 Å². The van der Waals surface area contributed by atoms with Crippen LogP contribution in [-0.2, 0) is 5.75 Å². The highest BCUT2D eigenvalue weighted by Gasteiger charge is 2.14. The quantitative estimate of drug-likeness (QED) is 0.390. The highest BCUT2D eigenvalue weighted by Crippen LogP contribution is 2.26. The van der Waals surface area contributed by atoms with E-state index >= 15 is 0 Å². The molecule has 0 atom stereocenters. The monoisotopic (exact) mass is 276 g/mol. The normalized spacial score (nSPS) is 10.5. The van der Waals surface area contributed by atoms with Gasteiger partial charge in [-0.1, -0.05) is 6.07 Å². The average molecular weight is 276 g/mol. The standard InChI is InChI=1S/C14H16N2O2S/c1-9-3-4-12(7-10(9)2)19-8-11-5-6-18-13(11)14(17)16-15/h3-7H,8,15H2,1-2H3,(H,16,17). The molecule has 0 fully saturated rings. The second kappa shape index (κ2) is 5.95. The van der Waals surface area contributed by atoms with Gasteiger partial charge in [-0.15, -0.1) is 11.8 Å². The predicted octanol–water partition coefficient (Wildman–Crippen LogP) is 2.79. The Morgan fingerprint density at radius 2 is 2.11 bits per heavy atom. The first kappa shape index (κ1) is 13.7. The van der Waals surface area contributed by atoms with Gasteiger partial charge in [0.2, 0.25) is 0 Å². The Labute approximate surface area is 116 Å². The van der Waals surface area contributed by atoms with Crippen molar-refractivity contribution < 1.29 is 9.21 Å². The number of nitrogens with two attached hydrogens (primary N) is 1. The summed E-state index contributed by atoms with van der Waals surface area (Å²) in [7, 11) is 0. The Morgan fingerprint density at radius 1 is 1.32 bits per heavy atom. The summed E-state index contributed by atoms with van der Waals surface area (Å²) < 4.78 is 5.14. The number of furan rings is 1. The van der Waals surface area contributed by atoms with Gasteiger partial charge in [0, 0.05) is 16.2 Å². The molecule has 1 aromatic heterocycles. The highest BCUT2D eigenvalue weighted by molar-refractivity contribution is 7.98. The lowest BCUT2D eigenvalue weighted by atomic mass is 10.1. The van der Waals surface area contributed by atoms with Gasteiger partial charge in [0.25, 0.3) is 0 Å². The number of benzene rings is 1. The molecule has 5 heteroatoms. The molecule has 0 aliphatic heterocycles. The summed E-state index contributed by atoms with van der Waals surface area (Å²) in [4.78, 5) is 12.6. The Morgan fingerprint density at radius 3 is 2.79 bits per heavy atom. The van der Waals surface area contributed by atoms with Gasteiger partial charge in [-0.3, -0.25) is 10.2 Å². The summed E-state index contributed by atoms with van der Waals surface area (Å²) in [5, 5.41) is 0. The maximum absolute atomic E-state index is 11.5. The van der Waals surface area contributed by atoms with E-state index in [9.17, 15) is 4.79 Å². The van der Waals surface area contributed by atoms with Crippen LogP contribution in [0.3, 0.4) is 0 Å². The summed E-state index contributed by atoms with van der Waals surface area (Å²) in [5.74, 6) is 5.65. The van der Waals surface area contributed by atoms with Crippen molar-refractivity contribution in [1.82, 2.24) is 5.43 Å². The molecule has 100 valence electrons. The first-order valence-corrected chi connectivity index (χ1v) is 6.87. The maximum atomic E-state index is 11.5. The number of carbonyl (C=O) groups is 1. The lowest BCUT2D eigenvalue weighted by molar-refractivity contribution is 0.0925. The minimum atomic E-state index is -0.402. The first-order valence-electron chi connectivity index (χ1n) is 5.89. The van der Waals surface area contributed by atoms with E-state index in [0.717, 1.165) is 5.56 Å². The molecule has 0 saturated heterocycles. The van der Waals surface area contributed by atoms with Crippen LogP contribution in [0, 0.1) is 13.8 Å². The molecular weight excluding hydrogens is 260 g/mol. The summed E-state index contributed by atoms with van der Waals surface area (Å²) in [6.07, 6.45) is 1.50. The molecule has 0 aliphatic carbocycles. The van der Waals surface area contributed by atoms with Gasteiger partial charge in [-0.25, -0.2) is 5.84 Å². The van der Waals surface area contributed by atoms with Gasteiger partial charge in [0.15, 0.2) is 5.76 Å². The van der Waals surface area contributed by atoms with Crippen molar-refractivity contribution in [3.05, 3.63) is 53.0 Å². The van der Waals surface area contributed by atoms with Crippen LogP contribution in [-0.4, -0.2) is 5.91 Å². The highest BCUT2D eigenvalue weighted by atomic mass is 32.2. The van der Waals surface area contributed by atoms with E-state index in [4.69, 9.17) is 10.3 Å². The molecule has 19 heavy (non-hydrogen) atoms. The third kappa shape index (κ3) is 3.19. The van der Waals surface area contributed by atoms with E-state index < -0.39 is 5.91 Å². The van der Waals surface area contributed by atoms with Crippen molar-refractivity contribution >= 4 is 17.7 Å². The number of carbonyl (C=O) groups excluding carboxylic acids is 1. The number of nitrogen functional groups attached to an aromatic ring is 1. The Hall–Kier alpha value is -1.72. The van der Waals surface area contributed by atoms with Crippen molar-refractivity contribution in [3.63, 3.8) is 0 Å². The van der Waals surface area contributed by atoms with Crippen LogP contribution in [0.1, 0.15) is 27.2 Å². The minimum Gasteiger partial charge on any atom is -0.459 e. The molecule has 1 aromatic carbocycles. The fraction of sp³-hybridized carbons (Fsp3) is 0.214. The van der Waals surface area contributed by atoms with Gasteiger partial charge in [-0.05, 0) is 43.2 Å². The van der Waals surface area contributed by atoms with Crippen LogP contribution in [0.4, 0.5) is 0 Å². The second-order valence-electron chi connectivity index (χ2n) is 4.28. The molecule has 1 heterocycles. The SMILES string of the molecule is Cc1ccc(SCc2ccoc2C(=O)NN)cc1C. The number of rotatable bonds is 4. The van der Waals surface area contributed by atoms with E-state index in [2.05, 4.69) is 37.5 Å². The first-order chi connectivity index (χ1) is 9.11. The largest absolute Gasteiger partial charge is 0.459 e. The maximum Gasteiger partial charge on any atom is 0.301 e. The third-order valence-electron chi connectivity index (χ3n) is 2.96. The second-order valence-corrected chi connectivity index (χ2v) is 5.33. The van der Waals surface area contributed by atoms with Gasteiger partial charge >= 0.3 is 5.91 Å². The van der Waals surface area contributed by atoms with Crippen LogP contribution < -0.4 is 11.3 Å². The lowest BCUT2D eigenvalue weighted by Gasteiger charge is -2.05. The molecule has 0 radical (unpaired) electrons. The van der Waals surface area contributed by atoms with Gasteiger partial charge in [-0.2, -0.15) is 0 Å². The zero-order valence-corrected chi connectivity index (χ0v) is 11.7. The average Bonchev–Trinajstić information content (AvgIpc) is 2.87. The molecular formula is C14H16N2O2S. The molecule has 2 aromatic rings. The predicted molar refractivity (Wildman–Crippen MR) is 75.8 cm³/mol. The molecule has 0 spiro atoms. The van der Waals surface area contributed by atoms with E-state index in [1.165, 1.54) is 22.3 Å². The Bertz CT molecular complexity index is 593. The van der Waals surface area contributed by atoms with Crippen molar-refractivity contribution in [2.24, 2.45) is 5.84 Å². The molecule has 0 bridgehead atoms. The number of nitrogens with one attached hydrogen (secondary N) is 1. The molecule has 0 saturated carbocycles. The summed E-state index contributed by atoms with van der Waals surface area (Å²) in [6, 6.07) is 8.11. The fourth-order valence-corrected chi connectivity index (χ4v) is 2.65. The van der Waals surface area contributed by atoms with Crippen LogP contribution in [0.5, 0.6) is 0 Å². The summed E-state index contributed by atoms with van der Waals surface area (Å²) >= 11 is 1.66. The fourth-order valence-electron chi connectivity index (χ4n) is 1.68. The minimum absolute atomic E-state index is 0.277. The molecule has 1 amide bonds. The van der Waals surface area contributed by atoms with Crippen molar-refractivity contribution in [2.45, 2.75) is 24.5 Å². The number of aryl methyl sites for hydroxylation is 2. The van der Waals surface area contributed by atoms with Crippen molar-refractivity contribution in [2.75, 3.05) is 0 Å². The zero-order chi connectivity index (χ0) is 13.8. The number of amides is 1. The van der Waals surface area contributed by atoms with E-state index in [1.54, 1.807) is 17.8 Å². The molecule has 0 aliphatic rings. The van der Waals surface area contributed by atoms with E-state index in [1.807, 2.05) is 0 Å². The lowest BCUT2D eigenvalue weighted by Crippen LogP contribution is -2.30. The Balaban J connectivity index is 2.08. The van der Waals surface area contributed by atoms with Gasteiger partial charge in [0.1, 0.15) is 0 Å². The third-order valence-corrected chi connectivity index (χ3v) is 4.00. The Kier molecular flexibility index (Phi) is 4.29. The molecule has 4 nitrogen and oxygen atoms in total. The van der Waals surface area contributed by atoms with Crippen molar-refractivity contribution in [3.8, 4) is 0 Å². The van der Waals surface area contributed by atoms with Crippen LogP contribution in [0.15, 0.2) is 39.8 Å². The van der Waals surface area contributed by atoms with Crippen LogP contribution in [0.25, 0.3) is 0 Å². The zero-order valence-electron chi connectivity index (χ0n) is 10.9. The van der Waals surface area contributed by atoms with Crippen molar-refractivity contribution in [1.29, 1.82) is 0 Å². The molecule has 0 unspecified atom stereocenters.